The van der Waals surface area contributed by atoms with E-state index < -0.39 is 10.8 Å². The summed E-state index contributed by atoms with van der Waals surface area (Å²) >= 11 is 0. The lowest BCUT2D eigenvalue weighted by atomic mass is 9.54. The molecule has 4 nitrogen and oxygen atoms in total. The lowest BCUT2D eigenvalue weighted by molar-refractivity contribution is -0.161. The first-order chi connectivity index (χ1) is 8.22. The number of ether oxygens (including phenoxy) is 2. The molecule has 6 atom stereocenters. The molecule has 5 aliphatic rings. The van der Waals surface area contributed by atoms with E-state index in [1.807, 2.05) is 12.2 Å². The summed E-state index contributed by atoms with van der Waals surface area (Å²) in [7, 11) is 0. The van der Waals surface area contributed by atoms with Gasteiger partial charge in [0.2, 0.25) is 0 Å². The molecule has 2 aliphatic carbocycles. The molecule has 4 bridgehead atoms. The molecule has 0 aromatic rings. The summed E-state index contributed by atoms with van der Waals surface area (Å²) in [6.45, 7) is 0. The van der Waals surface area contributed by atoms with Gasteiger partial charge in [0.25, 0.3) is 0 Å². The van der Waals surface area contributed by atoms with Crippen LogP contribution in [0.1, 0.15) is 6.42 Å². The first kappa shape index (κ1) is 8.64. The molecule has 4 heteroatoms. The Hall–Kier alpha value is -1.42. The van der Waals surface area contributed by atoms with Crippen LogP contribution < -0.4 is 0 Å². The van der Waals surface area contributed by atoms with Gasteiger partial charge in [-0.3, -0.25) is 9.59 Å². The van der Waals surface area contributed by atoms with Crippen LogP contribution in [0, 0.1) is 22.7 Å². The molecule has 0 N–H and O–H groups in total. The van der Waals surface area contributed by atoms with Crippen LogP contribution in [0.5, 0.6) is 0 Å². The molecule has 3 fully saturated rings. The van der Waals surface area contributed by atoms with Crippen molar-refractivity contribution in [1.29, 1.82) is 0 Å². The highest BCUT2D eigenvalue weighted by Gasteiger charge is 2.87. The fraction of sp³-hybridized carbons (Fsp3) is 0.538. The summed E-state index contributed by atoms with van der Waals surface area (Å²) in [6.07, 6.45) is 8.34. The van der Waals surface area contributed by atoms with E-state index in [4.69, 9.17) is 9.47 Å². The van der Waals surface area contributed by atoms with Gasteiger partial charge in [-0.05, 0) is 18.3 Å². The van der Waals surface area contributed by atoms with Crippen LogP contribution in [0.2, 0.25) is 0 Å². The lowest BCUT2D eigenvalue weighted by Gasteiger charge is -2.38. The Balaban J connectivity index is 1.93. The van der Waals surface area contributed by atoms with Gasteiger partial charge in [-0.25, -0.2) is 0 Å². The minimum absolute atomic E-state index is 0.103. The van der Waals surface area contributed by atoms with Gasteiger partial charge in [-0.15, -0.1) is 0 Å². The first-order valence-electron chi connectivity index (χ1n) is 6.01. The molecule has 0 spiro atoms. The molecule has 1 saturated carbocycles. The standard InChI is InChI=1S/C13H10O4/c14-10-12-6-1-2-7(5-6)13(12,11(15)17-10)9-4-3-8(12)16-9/h1-4,6-9H,5H2/t6-,7+,8+,9-,12-,13+. The largest absolute Gasteiger partial charge is 0.392 e. The fourth-order valence-corrected chi connectivity index (χ4v) is 4.98. The minimum atomic E-state index is -0.747. The summed E-state index contributed by atoms with van der Waals surface area (Å²) in [5.41, 5.74) is -1.49. The van der Waals surface area contributed by atoms with Crippen LogP contribution >= 0.6 is 0 Å². The van der Waals surface area contributed by atoms with Crippen LogP contribution in [0.15, 0.2) is 24.3 Å². The molecule has 2 saturated heterocycles. The highest BCUT2D eigenvalue weighted by atomic mass is 16.6. The van der Waals surface area contributed by atoms with Crippen LogP contribution in [0.4, 0.5) is 0 Å². The first-order valence-corrected chi connectivity index (χ1v) is 6.01. The maximum Gasteiger partial charge on any atom is 0.324 e. The molecule has 0 aromatic heterocycles. The number of carbonyl (C=O) groups excluding carboxylic acids is 2. The molecular formula is C13H10O4. The Kier molecular flexibility index (Phi) is 1.08. The van der Waals surface area contributed by atoms with E-state index in [-0.39, 0.29) is 36.0 Å². The van der Waals surface area contributed by atoms with Crippen molar-refractivity contribution >= 4 is 11.9 Å². The Morgan fingerprint density at radius 3 is 2.00 bits per heavy atom. The van der Waals surface area contributed by atoms with Gasteiger partial charge in [0.15, 0.2) is 0 Å². The molecule has 0 unspecified atom stereocenters. The SMILES string of the molecule is O=C1OC(=O)[C@]23[C@@H]4C=C[C@@H](C4)[C@]12[C@H]1C=C[C@@H]3O1. The number of allylic oxidation sites excluding steroid dienone is 2. The van der Waals surface area contributed by atoms with Crippen LogP contribution in [-0.4, -0.2) is 24.1 Å². The maximum absolute atomic E-state index is 12.3. The predicted octanol–water partition coefficient (Wildman–Crippen LogP) is 0.586. The number of esters is 2. The third-order valence-electron chi connectivity index (χ3n) is 5.45. The average molecular weight is 230 g/mol. The highest BCUT2D eigenvalue weighted by molar-refractivity contribution is 6.06. The maximum atomic E-state index is 12.3. The quantitative estimate of drug-likeness (QED) is 0.347. The van der Waals surface area contributed by atoms with E-state index in [1.54, 1.807) is 0 Å². The van der Waals surface area contributed by atoms with E-state index in [1.165, 1.54) is 0 Å². The summed E-state index contributed by atoms with van der Waals surface area (Å²) < 4.78 is 10.8. The Morgan fingerprint density at radius 2 is 1.47 bits per heavy atom. The van der Waals surface area contributed by atoms with Gasteiger partial charge < -0.3 is 9.47 Å². The van der Waals surface area contributed by atoms with E-state index in [0.717, 1.165) is 6.42 Å². The normalized spacial score (nSPS) is 60.0. The zero-order valence-corrected chi connectivity index (χ0v) is 8.96. The van der Waals surface area contributed by atoms with E-state index in [2.05, 4.69) is 12.2 Å². The van der Waals surface area contributed by atoms with E-state index in [9.17, 15) is 9.59 Å². The summed E-state index contributed by atoms with van der Waals surface area (Å²) in [6, 6.07) is 0. The molecule has 0 amide bonds. The molecular weight excluding hydrogens is 220 g/mol. The van der Waals surface area contributed by atoms with Crippen molar-refractivity contribution in [1.82, 2.24) is 0 Å². The Labute approximate surface area is 97.3 Å². The smallest absolute Gasteiger partial charge is 0.324 e. The number of rotatable bonds is 0. The predicted molar refractivity (Wildman–Crippen MR) is 54.5 cm³/mol. The molecule has 5 rings (SSSR count). The third-order valence-corrected chi connectivity index (χ3v) is 5.45. The van der Waals surface area contributed by atoms with Crippen molar-refractivity contribution < 1.29 is 19.1 Å². The van der Waals surface area contributed by atoms with Gasteiger partial charge in [0, 0.05) is 0 Å². The van der Waals surface area contributed by atoms with Gasteiger partial charge in [0.1, 0.15) is 10.8 Å². The van der Waals surface area contributed by atoms with Gasteiger partial charge in [-0.2, -0.15) is 0 Å². The number of fused-ring (bicyclic) bond motifs is 4. The van der Waals surface area contributed by atoms with Crippen molar-refractivity contribution in [3.8, 4) is 0 Å². The van der Waals surface area contributed by atoms with Crippen molar-refractivity contribution in [2.24, 2.45) is 22.7 Å². The molecule has 86 valence electrons. The Bertz CT molecular complexity index is 472. The number of hydrogen-bond acceptors (Lipinski definition) is 4. The second-order valence-corrected chi connectivity index (χ2v) is 5.61. The van der Waals surface area contributed by atoms with Crippen molar-refractivity contribution in [2.75, 3.05) is 0 Å². The van der Waals surface area contributed by atoms with Crippen molar-refractivity contribution in [3.63, 3.8) is 0 Å². The zero-order valence-electron chi connectivity index (χ0n) is 8.96. The molecule has 3 aliphatic heterocycles. The van der Waals surface area contributed by atoms with Gasteiger partial charge >= 0.3 is 11.9 Å². The number of carbonyl (C=O) groups is 2. The minimum Gasteiger partial charge on any atom is -0.392 e. The number of cyclic esters (lactones) is 2. The van der Waals surface area contributed by atoms with Crippen LogP contribution in [0.25, 0.3) is 0 Å². The monoisotopic (exact) mass is 230 g/mol. The zero-order chi connectivity index (χ0) is 11.4. The average Bonchev–Trinajstić information content (AvgIpc) is 3.04. The van der Waals surface area contributed by atoms with Crippen LogP contribution in [0.3, 0.4) is 0 Å². The summed E-state index contributed by atoms with van der Waals surface area (Å²) in [5, 5.41) is 0. The van der Waals surface area contributed by atoms with Crippen molar-refractivity contribution in [3.05, 3.63) is 24.3 Å². The lowest BCUT2D eigenvalue weighted by Crippen LogP contribution is -2.53. The van der Waals surface area contributed by atoms with Gasteiger partial charge in [0.05, 0.1) is 12.2 Å². The fourth-order valence-electron chi connectivity index (χ4n) is 4.98. The molecule has 3 heterocycles. The third kappa shape index (κ3) is 0.537. The Morgan fingerprint density at radius 1 is 0.941 bits per heavy atom. The second kappa shape index (κ2) is 2.12. The van der Waals surface area contributed by atoms with E-state index in [0.29, 0.717) is 0 Å². The summed E-state index contributed by atoms with van der Waals surface area (Å²) in [5.74, 6) is -0.523. The van der Waals surface area contributed by atoms with Gasteiger partial charge in [-0.1, -0.05) is 24.3 Å². The van der Waals surface area contributed by atoms with E-state index >= 15 is 0 Å². The molecule has 0 radical (unpaired) electrons. The summed E-state index contributed by atoms with van der Waals surface area (Å²) in [4.78, 5) is 24.5. The molecule has 0 aromatic carbocycles. The second-order valence-electron chi connectivity index (χ2n) is 5.61. The van der Waals surface area contributed by atoms with Crippen molar-refractivity contribution in [2.45, 2.75) is 18.6 Å². The highest BCUT2D eigenvalue weighted by Crippen LogP contribution is 2.75. The molecule has 17 heavy (non-hydrogen) atoms. The number of hydrogen-bond donors (Lipinski definition) is 0. The van der Waals surface area contributed by atoms with Crippen LogP contribution in [-0.2, 0) is 19.1 Å². The topological polar surface area (TPSA) is 52.6 Å².